The highest BCUT2D eigenvalue weighted by molar-refractivity contribution is 5.97. The summed E-state index contributed by atoms with van der Waals surface area (Å²) in [7, 11) is 3.26. The molecule has 6 nitrogen and oxygen atoms in total. The number of carbonyl (C=O) groups excluding carboxylic acids is 1. The minimum atomic E-state index is 0.0274. The van der Waals surface area contributed by atoms with E-state index >= 15 is 0 Å². The van der Waals surface area contributed by atoms with Crippen molar-refractivity contribution in [2.24, 2.45) is 0 Å². The van der Waals surface area contributed by atoms with E-state index in [9.17, 15) is 4.79 Å². The standard InChI is InChI=1S/C20H21N3O3/c1-12-21-16-5-4-14(8-17(16)22-12)20(24)23-7-6-13-9-18(25-2)19(26-3)10-15(13)11-23/h4-5,8-10H,6-7,11H2,1-3H3,(H,21,22). The summed E-state index contributed by atoms with van der Waals surface area (Å²) in [5.41, 5.74) is 4.73. The van der Waals surface area contributed by atoms with Crippen molar-refractivity contribution in [3.8, 4) is 11.5 Å². The van der Waals surface area contributed by atoms with E-state index in [0.717, 1.165) is 34.6 Å². The zero-order valence-electron chi connectivity index (χ0n) is 15.1. The zero-order valence-corrected chi connectivity index (χ0v) is 15.1. The maximum atomic E-state index is 13.0. The van der Waals surface area contributed by atoms with Crippen LogP contribution in [-0.4, -0.2) is 41.5 Å². The molecule has 134 valence electrons. The third-order valence-corrected chi connectivity index (χ3v) is 4.85. The number of hydrogen-bond donors (Lipinski definition) is 1. The maximum absolute atomic E-state index is 13.0. The number of H-pyrrole nitrogens is 1. The van der Waals surface area contributed by atoms with Crippen LogP contribution in [0, 0.1) is 6.92 Å². The predicted octanol–water partition coefficient (Wildman–Crippen LogP) is 3.09. The van der Waals surface area contributed by atoms with Crippen LogP contribution in [0.15, 0.2) is 30.3 Å². The number of carbonyl (C=O) groups is 1. The van der Waals surface area contributed by atoms with Gasteiger partial charge in [-0.15, -0.1) is 0 Å². The van der Waals surface area contributed by atoms with Gasteiger partial charge in [0.25, 0.3) is 5.91 Å². The molecule has 0 aliphatic carbocycles. The molecule has 3 aromatic rings. The second kappa shape index (κ2) is 6.37. The molecule has 4 rings (SSSR count). The molecule has 0 radical (unpaired) electrons. The molecule has 0 fully saturated rings. The number of aromatic amines is 1. The van der Waals surface area contributed by atoms with Gasteiger partial charge < -0.3 is 19.4 Å². The van der Waals surface area contributed by atoms with Crippen molar-refractivity contribution < 1.29 is 14.3 Å². The Morgan fingerprint density at radius 2 is 1.85 bits per heavy atom. The number of ether oxygens (including phenoxy) is 2. The molecule has 0 spiro atoms. The van der Waals surface area contributed by atoms with E-state index in [4.69, 9.17) is 9.47 Å². The monoisotopic (exact) mass is 351 g/mol. The highest BCUT2D eigenvalue weighted by Gasteiger charge is 2.24. The fraction of sp³-hybridized carbons (Fsp3) is 0.300. The average Bonchev–Trinajstić information content (AvgIpc) is 3.04. The lowest BCUT2D eigenvalue weighted by Crippen LogP contribution is -2.36. The number of aromatic nitrogens is 2. The van der Waals surface area contributed by atoms with Gasteiger partial charge in [0, 0.05) is 18.7 Å². The molecule has 26 heavy (non-hydrogen) atoms. The van der Waals surface area contributed by atoms with Crippen molar-refractivity contribution in [3.05, 3.63) is 52.8 Å². The molecule has 1 amide bonds. The van der Waals surface area contributed by atoms with E-state index in [1.165, 1.54) is 5.56 Å². The molecule has 1 aromatic heterocycles. The molecule has 6 heteroatoms. The Hall–Kier alpha value is -3.02. The Morgan fingerprint density at radius 3 is 2.58 bits per heavy atom. The fourth-order valence-electron chi connectivity index (χ4n) is 3.51. The molecule has 0 atom stereocenters. The second-order valence-corrected chi connectivity index (χ2v) is 6.51. The van der Waals surface area contributed by atoms with Crippen molar-refractivity contribution in [2.75, 3.05) is 20.8 Å². The van der Waals surface area contributed by atoms with Crippen LogP contribution in [0.5, 0.6) is 11.5 Å². The summed E-state index contributed by atoms with van der Waals surface area (Å²) >= 11 is 0. The average molecular weight is 351 g/mol. The lowest BCUT2D eigenvalue weighted by Gasteiger charge is -2.29. The molecule has 0 saturated carbocycles. The number of imidazole rings is 1. The van der Waals surface area contributed by atoms with Gasteiger partial charge in [-0.1, -0.05) is 0 Å². The van der Waals surface area contributed by atoms with E-state index in [1.807, 2.05) is 42.2 Å². The summed E-state index contributed by atoms with van der Waals surface area (Å²) in [5, 5.41) is 0. The van der Waals surface area contributed by atoms with Crippen molar-refractivity contribution >= 4 is 16.9 Å². The highest BCUT2D eigenvalue weighted by Crippen LogP contribution is 2.33. The van der Waals surface area contributed by atoms with Crippen LogP contribution in [0.3, 0.4) is 0 Å². The Labute approximate surface area is 151 Å². The Morgan fingerprint density at radius 1 is 1.12 bits per heavy atom. The van der Waals surface area contributed by atoms with E-state index in [-0.39, 0.29) is 5.91 Å². The van der Waals surface area contributed by atoms with Crippen molar-refractivity contribution in [3.63, 3.8) is 0 Å². The smallest absolute Gasteiger partial charge is 0.254 e. The normalized spacial score (nSPS) is 13.6. The predicted molar refractivity (Wildman–Crippen MR) is 98.8 cm³/mol. The van der Waals surface area contributed by atoms with Gasteiger partial charge in [0.1, 0.15) is 5.82 Å². The van der Waals surface area contributed by atoms with Gasteiger partial charge in [-0.2, -0.15) is 0 Å². The fourth-order valence-corrected chi connectivity index (χ4v) is 3.51. The topological polar surface area (TPSA) is 67.5 Å². The molecule has 0 unspecified atom stereocenters. The lowest BCUT2D eigenvalue weighted by atomic mass is 9.98. The molecular formula is C20H21N3O3. The van der Waals surface area contributed by atoms with Crippen LogP contribution < -0.4 is 9.47 Å². The van der Waals surface area contributed by atoms with E-state index in [1.54, 1.807) is 14.2 Å². The Balaban J connectivity index is 1.61. The minimum Gasteiger partial charge on any atom is -0.493 e. The quantitative estimate of drug-likeness (QED) is 0.787. The summed E-state index contributed by atoms with van der Waals surface area (Å²) < 4.78 is 10.8. The maximum Gasteiger partial charge on any atom is 0.254 e. The van der Waals surface area contributed by atoms with Gasteiger partial charge in [0.05, 0.1) is 25.3 Å². The van der Waals surface area contributed by atoms with Crippen LogP contribution >= 0.6 is 0 Å². The van der Waals surface area contributed by atoms with Crippen LogP contribution in [-0.2, 0) is 13.0 Å². The number of nitrogens with zero attached hydrogens (tertiary/aromatic N) is 2. The van der Waals surface area contributed by atoms with Crippen LogP contribution in [0.2, 0.25) is 0 Å². The number of aryl methyl sites for hydroxylation is 1. The summed E-state index contributed by atoms with van der Waals surface area (Å²) in [6.07, 6.45) is 0.798. The first-order chi connectivity index (χ1) is 12.6. The third kappa shape index (κ3) is 2.77. The lowest BCUT2D eigenvalue weighted by molar-refractivity contribution is 0.0734. The van der Waals surface area contributed by atoms with Gasteiger partial charge in [0.15, 0.2) is 11.5 Å². The number of methoxy groups -OCH3 is 2. The zero-order chi connectivity index (χ0) is 18.3. The summed E-state index contributed by atoms with van der Waals surface area (Å²) in [6.45, 7) is 3.15. The first-order valence-electron chi connectivity index (χ1n) is 8.58. The van der Waals surface area contributed by atoms with E-state index < -0.39 is 0 Å². The molecule has 1 N–H and O–H groups in total. The van der Waals surface area contributed by atoms with Crippen LogP contribution in [0.25, 0.3) is 11.0 Å². The van der Waals surface area contributed by atoms with Crippen LogP contribution in [0.4, 0.5) is 0 Å². The molecule has 2 heterocycles. The van der Waals surface area contributed by atoms with E-state index in [2.05, 4.69) is 9.97 Å². The number of amides is 1. The number of nitrogens with one attached hydrogen (secondary N) is 1. The van der Waals surface area contributed by atoms with Crippen molar-refractivity contribution in [1.82, 2.24) is 14.9 Å². The number of fused-ring (bicyclic) bond motifs is 2. The molecule has 2 aromatic carbocycles. The van der Waals surface area contributed by atoms with Gasteiger partial charge >= 0.3 is 0 Å². The number of rotatable bonds is 3. The van der Waals surface area contributed by atoms with Crippen LogP contribution in [0.1, 0.15) is 27.3 Å². The number of benzene rings is 2. The molecule has 0 bridgehead atoms. The SMILES string of the molecule is COc1cc2c(cc1OC)CN(C(=O)c1ccc3nc(C)[nH]c3c1)CC2. The van der Waals surface area contributed by atoms with Crippen molar-refractivity contribution in [1.29, 1.82) is 0 Å². The van der Waals surface area contributed by atoms with Gasteiger partial charge in [-0.25, -0.2) is 4.98 Å². The van der Waals surface area contributed by atoms with Gasteiger partial charge in [0.2, 0.25) is 0 Å². The summed E-state index contributed by atoms with van der Waals surface area (Å²) in [4.78, 5) is 22.4. The molecule has 1 aliphatic heterocycles. The first kappa shape index (κ1) is 16.4. The Bertz CT molecular complexity index is 993. The summed E-state index contributed by atoms with van der Waals surface area (Å²) in [5.74, 6) is 2.29. The molecule has 0 saturated heterocycles. The summed E-state index contributed by atoms with van der Waals surface area (Å²) in [6, 6.07) is 9.58. The van der Waals surface area contributed by atoms with Gasteiger partial charge in [-0.3, -0.25) is 4.79 Å². The van der Waals surface area contributed by atoms with Crippen molar-refractivity contribution in [2.45, 2.75) is 19.9 Å². The second-order valence-electron chi connectivity index (χ2n) is 6.51. The minimum absolute atomic E-state index is 0.0274. The third-order valence-electron chi connectivity index (χ3n) is 4.85. The first-order valence-corrected chi connectivity index (χ1v) is 8.58. The molecular weight excluding hydrogens is 330 g/mol. The van der Waals surface area contributed by atoms with E-state index in [0.29, 0.717) is 24.4 Å². The molecule has 1 aliphatic rings. The Kier molecular flexibility index (Phi) is 4.03. The highest BCUT2D eigenvalue weighted by atomic mass is 16.5. The largest absolute Gasteiger partial charge is 0.493 e. The number of hydrogen-bond acceptors (Lipinski definition) is 4. The van der Waals surface area contributed by atoms with Gasteiger partial charge in [-0.05, 0) is 54.8 Å².